The van der Waals surface area contributed by atoms with Crippen LogP contribution in [0.1, 0.15) is 52.4 Å². The topological polar surface area (TPSA) is 34.9 Å². The van der Waals surface area contributed by atoms with Gasteiger partial charge in [0.2, 0.25) is 0 Å². The third-order valence-corrected chi connectivity index (χ3v) is 3.92. The van der Waals surface area contributed by atoms with Gasteiger partial charge in [0.1, 0.15) is 0 Å². The van der Waals surface area contributed by atoms with Crippen LogP contribution in [0.25, 0.3) is 0 Å². The second kappa shape index (κ2) is 9.20. The van der Waals surface area contributed by atoms with E-state index in [1.165, 1.54) is 25.7 Å². The minimum absolute atomic E-state index is 0.0788. The van der Waals surface area contributed by atoms with Crippen molar-refractivity contribution in [3.63, 3.8) is 0 Å². The second-order valence-electron chi connectivity index (χ2n) is 4.49. The molecule has 18 heavy (non-hydrogen) atoms. The number of unbranched alkanes of at least 4 members (excludes halogenated alkanes) is 4. The molecule has 102 valence electrons. The summed E-state index contributed by atoms with van der Waals surface area (Å²) in [5, 5.41) is 0.658. The molecular formula is C14H24N2OS. The van der Waals surface area contributed by atoms with Crippen molar-refractivity contribution in [2.75, 3.05) is 5.75 Å². The van der Waals surface area contributed by atoms with Crippen molar-refractivity contribution in [2.45, 2.75) is 63.9 Å². The maximum Gasteiger partial charge on any atom is 0.283 e. The van der Waals surface area contributed by atoms with Crippen LogP contribution >= 0.6 is 11.8 Å². The van der Waals surface area contributed by atoms with Gasteiger partial charge in [-0.15, -0.1) is 11.8 Å². The molecule has 0 saturated carbocycles. The first-order valence-corrected chi connectivity index (χ1v) is 7.96. The molecule has 3 nitrogen and oxygen atoms in total. The quantitative estimate of drug-likeness (QED) is 0.506. The smallest absolute Gasteiger partial charge is 0.283 e. The lowest BCUT2D eigenvalue weighted by Crippen LogP contribution is -2.22. The third-order valence-electron chi connectivity index (χ3n) is 2.87. The molecule has 0 spiro atoms. The normalized spacial score (nSPS) is 10.8. The Labute approximate surface area is 114 Å². The summed E-state index contributed by atoms with van der Waals surface area (Å²) in [5.74, 6) is 0.995. The third kappa shape index (κ3) is 5.25. The van der Waals surface area contributed by atoms with Crippen LogP contribution in [0.4, 0.5) is 0 Å². The highest BCUT2D eigenvalue weighted by molar-refractivity contribution is 7.99. The predicted molar refractivity (Wildman–Crippen MR) is 78.3 cm³/mol. The number of hydrogen-bond acceptors (Lipinski definition) is 3. The summed E-state index contributed by atoms with van der Waals surface area (Å²) in [6, 6.07) is 0. The fraction of sp³-hybridized carbons (Fsp3) is 0.714. The molecule has 1 rings (SSSR count). The molecule has 0 unspecified atom stereocenters. The second-order valence-corrected chi connectivity index (χ2v) is 5.58. The molecule has 0 aliphatic heterocycles. The van der Waals surface area contributed by atoms with Crippen LogP contribution in [-0.2, 0) is 6.54 Å². The highest BCUT2D eigenvalue weighted by atomic mass is 32.2. The molecule has 0 amide bonds. The predicted octanol–water partition coefficient (Wildman–Crippen LogP) is 3.72. The summed E-state index contributed by atoms with van der Waals surface area (Å²) < 4.78 is 1.80. The Morgan fingerprint density at radius 2 is 1.89 bits per heavy atom. The van der Waals surface area contributed by atoms with Crippen molar-refractivity contribution in [1.82, 2.24) is 9.55 Å². The van der Waals surface area contributed by atoms with Crippen LogP contribution in [0.15, 0.2) is 22.2 Å². The monoisotopic (exact) mass is 268 g/mol. The van der Waals surface area contributed by atoms with Crippen LogP contribution in [0.2, 0.25) is 0 Å². The van der Waals surface area contributed by atoms with Gasteiger partial charge in [-0.25, -0.2) is 4.98 Å². The molecule has 0 radical (unpaired) electrons. The first-order valence-electron chi connectivity index (χ1n) is 6.97. The standard InChI is InChI=1S/C14H24N2OS/c1-3-5-7-10-16-11-9-15-13(14(16)17)18-12-8-6-4-2/h9,11H,3-8,10,12H2,1-2H3. The summed E-state index contributed by atoms with van der Waals surface area (Å²) in [4.78, 5) is 16.3. The van der Waals surface area contributed by atoms with Gasteiger partial charge in [0, 0.05) is 18.9 Å². The minimum Gasteiger partial charge on any atom is -0.312 e. The van der Waals surface area contributed by atoms with Gasteiger partial charge < -0.3 is 4.57 Å². The summed E-state index contributed by atoms with van der Waals surface area (Å²) in [7, 11) is 0. The first kappa shape index (κ1) is 15.3. The van der Waals surface area contributed by atoms with Gasteiger partial charge in [-0.2, -0.15) is 0 Å². The zero-order valence-electron chi connectivity index (χ0n) is 11.5. The van der Waals surface area contributed by atoms with Crippen LogP contribution in [0.3, 0.4) is 0 Å². The molecule has 0 saturated heterocycles. The van der Waals surface area contributed by atoms with Crippen LogP contribution < -0.4 is 5.56 Å². The van der Waals surface area contributed by atoms with Crippen LogP contribution in [0, 0.1) is 0 Å². The number of nitrogens with zero attached hydrogens (tertiary/aromatic N) is 2. The number of aromatic nitrogens is 2. The van der Waals surface area contributed by atoms with E-state index in [0.29, 0.717) is 5.03 Å². The number of aryl methyl sites for hydroxylation is 1. The van der Waals surface area contributed by atoms with Crippen molar-refractivity contribution in [1.29, 1.82) is 0 Å². The number of thioether (sulfide) groups is 1. The van der Waals surface area contributed by atoms with E-state index in [4.69, 9.17) is 0 Å². The van der Waals surface area contributed by atoms with E-state index < -0.39 is 0 Å². The first-order chi connectivity index (χ1) is 8.79. The van der Waals surface area contributed by atoms with Gasteiger partial charge in [0.25, 0.3) is 5.56 Å². The van der Waals surface area contributed by atoms with Crippen LogP contribution in [0.5, 0.6) is 0 Å². The van der Waals surface area contributed by atoms with Gasteiger partial charge in [-0.3, -0.25) is 4.79 Å². The van der Waals surface area contributed by atoms with Gasteiger partial charge in [0.05, 0.1) is 0 Å². The zero-order valence-corrected chi connectivity index (χ0v) is 12.3. The molecule has 1 aromatic rings. The van der Waals surface area contributed by atoms with Gasteiger partial charge in [-0.05, 0) is 18.6 Å². The highest BCUT2D eigenvalue weighted by Crippen LogP contribution is 2.13. The molecule has 0 bridgehead atoms. The molecule has 1 aromatic heterocycles. The maximum absolute atomic E-state index is 12.1. The lowest BCUT2D eigenvalue weighted by atomic mass is 10.2. The van der Waals surface area contributed by atoms with Gasteiger partial charge in [0.15, 0.2) is 5.03 Å². The average molecular weight is 268 g/mol. The molecule has 0 aliphatic carbocycles. The number of rotatable bonds is 9. The fourth-order valence-electron chi connectivity index (χ4n) is 1.76. The summed E-state index contributed by atoms with van der Waals surface area (Å²) in [5.41, 5.74) is 0.0788. The van der Waals surface area contributed by atoms with E-state index in [1.807, 2.05) is 0 Å². The zero-order chi connectivity index (χ0) is 13.2. The molecular weight excluding hydrogens is 244 g/mol. The Morgan fingerprint density at radius 3 is 2.61 bits per heavy atom. The summed E-state index contributed by atoms with van der Waals surface area (Å²) >= 11 is 1.60. The Balaban J connectivity index is 2.52. The van der Waals surface area contributed by atoms with Gasteiger partial charge >= 0.3 is 0 Å². The molecule has 1 heterocycles. The van der Waals surface area contributed by atoms with E-state index >= 15 is 0 Å². The van der Waals surface area contributed by atoms with Crippen molar-refractivity contribution in [3.05, 3.63) is 22.7 Å². The molecule has 0 fully saturated rings. The van der Waals surface area contributed by atoms with Crippen molar-refractivity contribution >= 4 is 11.8 Å². The van der Waals surface area contributed by atoms with Crippen LogP contribution in [-0.4, -0.2) is 15.3 Å². The highest BCUT2D eigenvalue weighted by Gasteiger charge is 2.04. The van der Waals surface area contributed by atoms with E-state index in [-0.39, 0.29) is 5.56 Å². The number of hydrogen-bond donors (Lipinski definition) is 0. The average Bonchev–Trinajstić information content (AvgIpc) is 2.38. The van der Waals surface area contributed by atoms with E-state index in [1.54, 1.807) is 28.7 Å². The maximum atomic E-state index is 12.1. The lowest BCUT2D eigenvalue weighted by Gasteiger charge is -2.06. The van der Waals surface area contributed by atoms with Crippen molar-refractivity contribution in [3.8, 4) is 0 Å². The van der Waals surface area contributed by atoms with E-state index in [9.17, 15) is 4.79 Å². The summed E-state index contributed by atoms with van der Waals surface area (Å²) in [6.45, 7) is 5.17. The van der Waals surface area contributed by atoms with E-state index in [0.717, 1.165) is 25.1 Å². The summed E-state index contributed by atoms with van der Waals surface area (Å²) in [6.07, 6.45) is 10.6. The Bertz CT molecular complexity index is 390. The molecule has 0 N–H and O–H groups in total. The minimum atomic E-state index is 0.0788. The van der Waals surface area contributed by atoms with Gasteiger partial charge in [-0.1, -0.05) is 39.5 Å². The van der Waals surface area contributed by atoms with Crippen molar-refractivity contribution < 1.29 is 0 Å². The molecule has 0 aromatic carbocycles. The fourth-order valence-corrected chi connectivity index (χ4v) is 2.67. The Hall–Kier alpha value is -0.770. The largest absolute Gasteiger partial charge is 0.312 e. The molecule has 0 atom stereocenters. The Kier molecular flexibility index (Phi) is 7.81. The molecule has 0 aliphatic rings. The Morgan fingerprint density at radius 1 is 1.17 bits per heavy atom. The van der Waals surface area contributed by atoms with Crippen molar-refractivity contribution in [2.24, 2.45) is 0 Å². The lowest BCUT2D eigenvalue weighted by molar-refractivity contribution is 0.575. The van der Waals surface area contributed by atoms with E-state index in [2.05, 4.69) is 18.8 Å². The molecule has 4 heteroatoms. The SMILES string of the molecule is CCCCCSc1nccn(CCCCC)c1=O.